The molecule has 0 radical (unpaired) electrons. The molecule has 0 spiro atoms. The monoisotopic (exact) mass is 450 g/mol. The van der Waals surface area contributed by atoms with E-state index in [1.807, 2.05) is 0 Å². The summed E-state index contributed by atoms with van der Waals surface area (Å²) in [7, 11) is -3.74. The van der Waals surface area contributed by atoms with Gasteiger partial charge in [0.05, 0.1) is 11.5 Å². The second-order valence-corrected chi connectivity index (χ2v) is 8.64. The number of carbonyl (C=O) groups excluding carboxylic acids is 2. The highest BCUT2D eigenvalue weighted by molar-refractivity contribution is 7.89. The van der Waals surface area contributed by atoms with Crippen LogP contribution in [0.3, 0.4) is 0 Å². The summed E-state index contributed by atoms with van der Waals surface area (Å²) in [6, 6.07) is 10.8. The van der Waals surface area contributed by atoms with E-state index in [9.17, 15) is 22.4 Å². The second kappa shape index (κ2) is 9.75. The van der Waals surface area contributed by atoms with Crippen LogP contribution in [0.25, 0.3) is 0 Å². The molecule has 0 bridgehead atoms. The molecule has 0 saturated carbocycles. The Kier molecular flexibility index (Phi) is 7.08. The van der Waals surface area contributed by atoms with Crippen LogP contribution in [-0.2, 0) is 14.8 Å². The molecule has 166 valence electrons. The van der Waals surface area contributed by atoms with E-state index in [0.29, 0.717) is 11.4 Å². The summed E-state index contributed by atoms with van der Waals surface area (Å²) in [6.07, 6.45) is -0.562. The molecule has 1 saturated heterocycles. The molecule has 3 amide bonds. The number of amides is 3. The maximum atomic E-state index is 13.1. The smallest absolute Gasteiger partial charge is 0.411 e. The first-order valence-corrected chi connectivity index (χ1v) is 11.1. The molecule has 1 heterocycles. The van der Waals surface area contributed by atoms with Gasteiger partial charge in [-0.1, -0.05) is 0 Å². The molecule has 0 aliphatic carbocycles. The molecule has 2 aromatic carbocycles. The Hall–Kier alpha value is -3.18. The molecule has 2 N–H and O–H groups in total. The van der Waals surface area contributed by atoms with Crippen molar-refractivity contribution >= 4 is 33.5 Å². The van der Waals surface area contributed by atoms with Crippen LogP contribution < -0.4 is 10.6 Å². The van der Waals surface area contributed by atoms with Crippen molar-refractivity contribution in [2.45, 2.75) is 11.8 Å². The van der Waals surface area contributed by atoms with Crippen LogP contribution in [0.2, 0.25) is 0 Å². The number of carbonyl (C=O) groups is 2. The highest BCUT2D eigenvalue weighted by atomic mass is 32.2. The van der Waals surface area contributed by atoms with E-state index in [1.54, 1.807) is 31.2 Å². The minimum absolute atomic E-state index is 0.0170. The largest absolute Gasteiger partial charge is 0.450 e. The minimum Gasteiger partial charge on any atom is -0.450 e. The average molecular weight is 450 g/mol. The molecule has 0 atom stereocenters. The Morgan fingerprint density at radius 2 is 1.48 bits per heavy atom. The molecule has 0 unspecified atom stereocenters. The Labute approximate surface area is 179 Å². The van der Waals surface area contributed by atoms with E-state index < -0.39 is 21.9 Å². The summed E-state index contributed by atoms with van der Waals surface area (Å²) < 4.78 is 44.5. The van der Waals surface area contributed by atoms with E-state index in [-0.39, 0.29) is 43.7 Å². The lowest BCUT2D eigenvalue weighted by molar-refractivity contribution is 0.168. The van der Waals surface area contributed by atoms with E-state index in [1.165, 1.54) is 21.3 Å². The molecule has 1 aliphatic rings. The summed E-state index contributed by atoms with van der Waals surface area (Å²) in [6.45, 7) is 2.67. The van der Waals surface area contributed by atoms with Gasteiger partial charge in [0.1, 0.15) is 5.82 Å². The van der Waals surface area contributed by atoms with Crippen molar-refractivity contribution in [3.8, 4) is 0 Å². The third-order valence-corrected chi connectivity index (χ3v) is 6.55. The topological polar surface area (TPSA) is 108 Å². The number of anilines is 2. The fraction of sp³-hybridized carbons (Fsp3) is 0.300. The first-order valence-electron chi connectivity index (χ1n) is 9.65. The van der Waals surface area contributed by atoms with Gasteiger partial charge < -0.3 is 15.0 Å². The normalized spacial score (nSPS) is 14.7. The van der Waals surface area contributed by atoms with Gasteiger partial charge in [0, 0.05) is 37.6 Å². The van der Waals surface area contributed by atoms with Gasteiger partial charge in [-0.05, 0) is 55.5 Å². The zero-order valence-corrected chi connectivity index (χ0v) is 17.7. The lowest BCUT2D eigenvalue weighted by atomic mass is 10.3. The Morgan fingerprint density at radius 3 is 2.03 bits per heavy atom. The number of sulfonamides is 1. The number of rotatable bonds is 5. The summed E-state index contributed by atoms with van der Waals surface area (Å²) >= 11 is 0. The van der Waals surface area contributed by atoms with Crippen molar-refractivity contribution in [2.75, 3.05) is 43.4 Å². The zero-order valence-electron chi connectivity index (χ0n) is 16.9. The molecule has 11 heteroatoms. The number of hydrogen-bond donors (Lipinski definition) is 2. The fourth-order valence-electron chi connectivity index (χ4n) is 3.01. The Morgan fingerprint density at radius 1 is 0.935 bits per heavy atom. The van der Waals surface area contributed by atoms with Gasteiger partial charge in [-0.15, -0.1) is 0 Å². The highest BCUT2D eigenvalue weighted by Crippen LogP contribution is 2.19. The maximum absolute atomic E-state index is 13.1. The quantitative estimate of drug-likeness (QED) is 0.728. The zero-order chi connectivity index (χ0) is 22.4. The fourth-order valence-corrected chi connectivity index (χ4v) is 4.43. The van der Waals surface area contributed by atoms with Crippen molar-refractivity contribution in [2.24, 2.45) is 0 Å². The van der Waals surface area contributed by atoms with Gasteiger partial charge in [0.2, 0.25) is 10.0 Å². The molecule has 1 fully saturated rings. The molecule has 2 aromatic rings. The minimum atomic E-state index is -3.74. The molecule has 1 aliphatic heterocycles. The number of nitrogens with one attached hydrogen (secondary N) is 2. The van der Waals surface area contributed by atoms with Crippen molar-refractivity contribution in [1.29, 1.82) is 0 Å². The van der Waals surface area contributed by atoms with Crippen LogP contribution in [0.5, 0.6) is 0 Å². The number of piperazine rings is 1. The average Bonchev–Trinajstić information content (AvgIpc) is 2.75. The van der Waals surface area contributed by atoms with Gasteiger partial charge in [-0.2, -0.15) is 4.31 Å². The van der Waals surface area contributed by atoms with Gasteiger partial charge in [0.15, 0.2) is 0 Å². The maximum Gasteiger partial charge on any atom is 0.411 e. The van der Waals surface area contributed by atoms with E-state index >= 15 is 0 Å². The predicted molar refractivity (Wildman–Crippen MR) is 113 cm³/mol. The van der Waals surface area contributed by atoms with Gasteiger partial charge in [0.25, 0.3) is 0 Å². The van der Waals surface area contributed by atoms with Crippen molar-refractivity contribution in [3.05, 3.63) is 54.3 Å². The van der Waals surface area contributed by atoms with Crippen LogP contribution in [0.4, 0.5) is 25.4 Å². The first kappa shape index (κ1) is 22.5. The van der Waals surface area contributed by atoms with Gasteiger partial charge >= 0.3 is 12.1 Å². The number of halogens is 1. The van der Waals surface area contributed by atoms with E-state index in [2.05, 4.69) is 10.6 Å². The summed E-state index contributed by atoms with van der Waals surface area (Å²) in [5.74, 6) is -0.509. The number of hydrogen-bond acceptors (Lipinski definition) is 5. The standard InChI is InChI=1S/C20H23FN4O5S/c1-2-30-20(27)23-17-7-5-16(6-8-17)22-19(26)24-11-13-25(14-12-24)31(28,29)18-9-3-15(21)4-10-18/h3-10H,2,11-14H2,1H3,(H,22,26)(H,23,27). The number of urea groups is 1. The molecular weight excluding hydrogens is 427 g/mol. The molecule has 0 aromatic heterocycles. The van der Waals surface area contributed by atoms with E-state index in [4.69, 9.17) is 4.74 Å². The van der Waals surface area contributed by atoms with Crippen LogP contribution in [0.1, 0.15) is 6.92 Å². The number of ether oxygens (including phenoxy) is 1. The third-order valence-electron chi connectivity index (χ3n) is 4.64. The second-order valence-electron chi connectivity index (χ2n) is 6.70. The van der Waals surface area contributed by atoms with Crippen molar-refractivity contribution in [3.63, 3.8) is 0 Å². The Bertz CT molecular complexity index is 1020. The number of nitrogens with zero attached hydrogens (tertiary/aromatic N) is 2. The SMILES string of the molecule is CCOC(=O)Nc1ccc(NC(=O)N2CCN(S(=O)(=O)c3ccc(F)cc3)CC2)cc1. The van der Waals surface area contributed by atoms with Gasteiger partial charge in [-0.3, -0.25) is 5.32 Å². The summed E-state index contributed by atoms with van der Waals surface area (Å²) in [5.41, 5.74) is 1.05. The summed E-state index contributed by atoms with van der Waals surface area (Å²) in [5, 5.41) is 5.30. The van der Waals surface area contributed by atoms with E-state index in [0.717, 1.165) is 12.1 Å². The third kappa shape index (κ3) is 5.70. The highest BCUT2D eigenvalue weighted by Gasteiger charge is 2.30. The first-order chi connectivity index (χ1) is 14.8. The van der Waals surface area contributed by atoms with Gasteiger partial charge in [-0.25, -0.2) is 22.4 Å². The predicted octanol–water partition coefficient (Wildman–Crippen LogP) is 2.93. The molecular formula is C20H23FN4O5S. The van der Waals surface area contributed by atoms with Crippen molar-refractivity contribution < 1.29 is 27.1 Å². The van der Waals surface area contributed by atoms with Crippen molar-refractivity contribution in [1.82, 2.24) is 9.21 Å². The number of benzene rings is 2. The lowest BCUT2D eigenvalue weighted by Gasteiger charge is -2.34. The van der Waals surface area contributed by atoms with Crippen LogP contribution >= 0.6 is 0 Å². The van der Waals surface area contributed by atoms with Crippen LogP contribution in [-0.4, -0.2) is 62.5 Å². The van der Waals surface area contributed by atoms with Crippen LogP contribution in [0, 0.1) is 5.82 Å². The summed E-state index contributed by atoms with van der Waals surface area (Å²) in [4.78, 5) is 25.4. The Balaban J connectivity index is 1.53. The molecule has 31 heavy (non-hydrogen) atoms. The van der Waals surface area contributed by atoms with Crippen LogP contribution in [0.15, 0.2) is 53.4 Å². The lowest BCUT2D eigenvalue weighted by Crippen LogP contribution is -2.51. The molecule has 3 rings (SSSR count). The molecule has 9 nitrogen and oxygen atoms in total.